The Bertz CT molecular complexity index is 584. The number of hydrogen-bond acceptors (Lipinski definition) is 2. The molecule has 0 fully saturated rings. The fourth-order valence-electron chi connectivity index (χ4n) is 1.47. The van der Waals surface area contributed by atoms with E-state index in [1.165, 1.54) is 0 Å². The number of halogens is 2. The summed E-state index contributed by atoms with van der Waals surface area (Å²) in [6.07, 6.45) is 0. The molecule has 0 aliphatic rings. The second kappa shape index (κ2) is 5.71. The van der Waals surface area contributed by atoms with Gasteiger partial charge in [-0.3, -0.25) is 4.79 Å². The second-order valence-electron chi connectivity index (χ2n) is 3.69. The summed E-state index contributed by atoms with van der Waals surface area (Å²) in [5.74, 6) is -0.207. The summed E-state index contributed by atoms with van der Waals surface area (Å²) in [7, 11) is 0. The van der Waals surface area contributed by atoms with Gasteiger partial charge in [0.05, 0.1) is 5.56 Å². The second-order valence-corrected chi connectivity index (χ2v) is 5.85. The molecule has 1 amide bonds. The van der Waals surface area contributed by atoms with Crippen LogP contribution in [0.2, 0.25) is 0 Å². The van der Waals surface area contributed by atoms with E-state index in [1.54, 1.807) is 18.2 Å². The number of carbonyl (C=O) groups is 1. The van der Waals surface area contributed by atoms with Gasteiger partial charge in [0.2, 0.25) is 0 Å². The Kier molecular flexibility index (Phi) is 4.23. The third-order valence-electron chi connectivity index (χ3n) is 2.36. The van der Waals surface area contributed by atoms with Crippen LogP contribution in [0, 0.1) is 3.57 Å². The SMILES string of the molecule is Nc1cc(Br)ccc1C(=O)Nc1ccc(I)cc1. The van der Waals surface area contributed by atoms with E-state index in [4.69, 9.17) is 5.73 Å². The van der Waals surface area contributed by atoms with Crippen molar-refractivity contribution in [1.29, 1.82) is 0 Å². The third kappa shape index (κ3) is 3.23. The van der Waals surface area contributed by atoms with Gasteiger partial charge < -0.3 is 11.1 Å². The molecular weight excluding hydrogens is 407 g/mol. The van der Waals surface area contributed by atoms with Crippen molar-refractivity contribution in [3.05, 3.63) is 56.1 Å². The van der Waals surface area contributed by atoms with Gasteiger partial charge in [0, 0.05) is 19.4 Å². The smallest absolute Gasteiger partial charge is 0.257 e. The molecule has 2 aromatic carbocycles. The zero-order valence-corrected chi connectivity index (χ0v) is 13.0. The molecule has 0 aliphatic heterocycles. The first-order valence-corrected chi connectivity index (χ1v) is 7.05. The summed E-state index contributed by atoms with van der Waals surface area (Å²) >= 11 is 5.52. The van der Waals surface area contributed by atoms with Gasteiger partial charge in [0.15, 0.2) is 0 Å². The topological polar surface area (TPSA) is 55.1 Å². The highest BCUT2D eigenvalue weighted by molar-refractivity contribution is 14.1. The predicted octanol–water partition coefficient (Wildman–Crippen LogP) is 3.89. The van der Waals surface area contributed by atoms with Gasteiger partial charge in [-0.1, -0.05) is 15.9 Å². The van der Waals surface area contributed by atoms with E-state index >= 15 is 0 Å². The lowest BCUT2D eigenvalue weighted by Crippen LogP contribution is -2.13. The zero-order valence-electron chi connectivity index (χ0n) is 9.28. The van der Waals surface area contributed by atoms with Crippen LogP contribution in [0.3, 0.4) is 0 Å². The standard InChI is InChI=1S/C13H10BrIN2O/c14-8-1-6-11(12(16)7-8)13(18)17-10-4-2-9(15)3-5-10/h1-7H,16H2,(H,17,18). The monoisotopic (exact) mass is 416 g/mol. The van der Waals surface area contributed by atoms with E-state index in [-0.39, 0.29) is 5.91 Å². The molecule has 5 heteroatoms. The fraction of sp³-hybridized carbons (Fsp3) is 0. The Labute approximate surface area is 127 Å². The Morgan fingerprint density at radius 2 is 1.83 bits per heavy atom. The van der Waals surface area contributed by atoms with Gasteiger partial charge >= 0.3 is 0 Å². The van der Waals surface area contributed by atoms with Gasteiger partial charge in [-0.05, 0) is 65.1 Å². The normalized spacial score (nSPS) is 10.1. The Hall–Kier alpha value is -1.08. The van der Waals surface area contributed by atoms with Crippen molar-refractivity contribution in [2.24, 2.45) is 0 Å². The van der Waals surface area contributed by atoms with Crippen LogP contribution >= 0.6 is 38.5 Å². The van der Waals surface area contributed by atoms with Gasteiger partial charge in [-0.15, -0.1) is 0 Å². The fourth-order valence-corrected chi connectivity index (χ4v) is 2.21. The van der Waals surface area contributed by atoms with E-state index in [0.717, 1.165) is 13.7 Å². The largest absolute Gasteiger partial charge is 0.398 e. The molecule has 0 aliphatic carbocycles. The molecule has 0 aromatic heterocycles. The van der Waals surface area contributed by atoms with Crippen molar-refractivity contribution in [1.82, 2.24) is 0 Å². The Morgan fingerprint density at radius 1 is 1.17 bits per heavy atom. The first-order valence-electron chi connectivity index (χ1n) is 5.18. The van der Waals surface area contributed by atoms with E-state index in [9.17, 15) is 4.79 Å². The molecule has 3 nitrogen and oxygen atoms in total. The van der Waals surface area contributed by atoms with Crippen LogP contribution in [0.1, 0.15) is 10.4 Å². The highest BCUT2D eigenvalue weighted by Crippen LogP contribution is 2.20. The highest BCUT2D eigenvalue weighted by atomic mass is 127. The Morgan fingerprint density at radius 3 is 2.44 bits per heavy atom. The van der Waals surface area contributed by atoms with Crippen LogP contribution in [0.5, 0.6) is 0 Å². The van der Waals surface area contributed by atoms with Crippen molar-refractivity contribution < 1.29 is 4.79 Å². The molecule has 0 spiro atoms. The summed E-state index contributed by atoms with van der Waals surface area (Å²) < 4.78 is 1.97. The number of anilines is 2. The predicted molar refractivity (Wildman–Crippen MR) is 85.7 cm³/mol. The molecule has 92 valence electrons. The summed E-state index contributed by atoms with van der Waals surface area (Å²) in [6.45, 7) is 0. The molecule has 0 radical (unpaired) electrons. The Balaban J connectivity index is 2.19. The van der Waals surface area contributed by atoms with Gasteiger partial charge in [0.1, 0.15) is 0 Å². The molecule has 18 heavy (non-hydrogen) atoms. The summed E-state index contributed by atoms with van der Waals surface area (Å²) in [5, 5.41) is 2.81. The zero-order chi connectivity index (χ0) is 13.1. The molecule has 0 bridgehead atoms. The maximum atomic E-state index is 12.0. The van der Waals surface area contributed by atoms with Crippen LogP contribution in [0.4, 0.5) is 11.4 Å². The summed E-state index contributed by atoms with van der Waals surface area (Å²) in [6, 6.07) is 12.8. The molecule has 0 heterocycles. The number of carbonyl (C=O) groups excluding carboxylic acids is 1. The average molecular weight is 417 g/mol. The minimum absolute atomic E-state index is 0.207. The first-order chi connectivity index (χ1) is 8.56. The number of rotatable bonds is 2. The minimum atomic E-state index is -0.207. The highest BCUT2D eigenvalue weighted by Gasteiger charge is 2.09. The molecule has 0 saturated heterocycles. The van der Waals surface area contributed by atoms with Gasteiger partial charge in [-0.2, -0.15) is 0 Å². The molecular formula is C13H10BrIN2O. The van der Waals surface area contributed by atoms with Crippen molar-refractivity contribution >= 4 is 55.8 Å². The van der Waals surface area contributed by atoms with Crippen LogP contribution in [0.25, 0.3) is 0 Å². The number of nitrogen functional groups attached to an aromatic ring is 1. The molecule has 3 N–H and O–H groups in total. The lowest BCUT2D eigenvalue weighted by atomic mass is 10.1. The lowest BCUT2D eigenvalue weighted by molar-refractivity contribution is 0.102. The van der Waals surface area contributed by atoms with Crippen LogP contribution in [-0.4, -0.2) is 5.91 Å². The van der Waals surface area contributed by atoms with Crippen LogP contribution < -0.4 is 11.1 Å². The van der Waals surface area contributed by atoms with Gasteiger partial charge in [0.25, 0.3) is 5.91 Å². The van der Waals surface area contributed by atoms with Crippen LogP contribution in [-0.2, 0) is 0 Å². The van der Waals surface area contributed by atoms with Crippen molar-refractivity contribution in [2.75, 3.05) is 11.1 Å². The molecule has 0 unspecified atom stereocenters. The number of hydrogen-bond donors (Lipinski definition) is 2. The average Bonchev–Trinajstić information content (AvgIpc) is 2.32. The third-order valence-corrected chi connectivity index (χ3v) is 3.57. The van der Waals surface area contributed by atoms with E-state index in [2.05, 4.69) is 43.8 Å². The maximum Gasteiger partial charge on any atom is 0.257 e. The molecule has 0 atom stereocenters. The van der Waals surface area contributed by atoms with E-state index in [1.807, 2.05) is 24.3 Å². The van der Waals surface area contributed by atoms with E-state index < -0.39 is 0 Å². The lowest BCUT2D eigenvalue weighted by Gasteiger charge is -2.08. The molecule has 2 rings (SSSR count). The summed E-state index contributed by atoms with van der Waals surface area (Å²) in [4.78, 5) is 12.0. The summed E-state index contributed by atoms with van der Waals surface area (Å²) in [5.41, 5.74) is 7.48. The number of nitrogens with two attached hydrogens (primary N) is 1. The van der Waals surface area contributed by atoms with Crippen molar-refractivity contribution in [2.45, 2.75) is 0 Å². The van der Waals surface area contributed by atoms with Crippen molar-refractivity contribution in [3.8, 4) is 0 Å². The first kappa shape index (κ1) is 13.4. The van der Waals surface area contributed by atoms with Crippen molar-refractivity contribution in [3.63, 3.8) is 0 Å². The van der Waals surface area contributed by atoms with Gasteiger partial charge in [-0.25, -0.2) is 0 Å². The van der Waals surface area contributed by atoms with E-state index in [0.29, 0.717) is 11.3 Å². The quantitative estimate of drug-likeness (QED) is 0.576. The number of nitrogens with one attached hydrogen (secondary N) is 1. The van der Waals surface area contributed by atoms with Crippen LogP contribution in [0.15, 0.2) is 46.9 Å². The number of benzene rings is 2. The maximum absolute atomic E-state index is 12.0. The minimum Gasteiger partial charge on any atom is -0.398 e. The molecule has 2 aromatic rings. The molecule has 0 saturated carbocycles. The number of amides is 1.